The van der Waals surface area contributed by atoms with E-state index in [4.69, 9.17) is 0 Å². The largest absolute Gasteiger partial charge is 0.285 e. The van der Waals surface area contributed by atoms with E-state index in [1.54, 1.807) is 0 Å². The lowest BCUT2D eigenvalue weighted by Crippen LogP contribution is -2.05. The molecule has 3 aromatic rings. The Bertz CT molecular complexity index is 883. The van der Waals surface area contributed by atoms with Crippen LogP contribution in [0.3, 0.4) is 0 Å². The number of fused-ring (bicyclic) bond motifs is 4. The summed E-state index contributed by atoms with van der Waals surface area (Å²) >= 11 is 0. The van der Waals surface area contributed by atoms with E-state index in [1.807, 2.05) is 30.3 Å². The third kappa shape index (κ3) is 1.81. The summed E-state index contributed by atoms with van der Waals surface area (Å²) in [5, 5.41) is 15.2. The summed E-state index contributed by atoms with van der Waals surface area (Å²) in [6.07, 6.45) is 4.29. The van der Waals surface area contributed by atoms with Gasteiger partial charge in [-0.05, 0) is 59.7 Å². The van der Waals surface area contributed by atoms with Crippen LogP contribution in [0.5, 0.6) is 0 Å². The number of aryl methyl sites for hydroxylation is 2. The first-order valence-corrected chi connectivity index (χ1v) is 7.36. The molecule has 0 amide bonds. The van der Waals surface area contributed by atoms with E-state index in [2.05, 4.69) is 12.1 Å². The van der Waals surface area contributed by atoms with Crippen molar-refractivity contribution in [1.29, 1.82) is 0 Å². The van der Waals surface area contributed by atoms with Gasteiger partial charge in [-0.25, -0.2) is 0 Å². The molecule has 3 nitrogen and oxygen atoms in total. The summed E-state index contributed by atoms with van der Waals surface area (Å²) in [6, 6.07) is 13.9. The molecule has 0 N–H and O–H groups in total. The molecule has 104 valence electrons. The van der Waals surface area contributed by atoms with E-state index in [0.29, 0.717) is 0 Å². The van der Waals surface area contributed by atoms with Crippen LogP contribution in [0.4, 0.5) is 5.69 Å². The Morgan fingerprint density at radius 2 is 1.76 bits per heavy atom. The third-order valence-corrected chi connectivity index (χ3v) is 4.51. The summed E-state index contributed by atoms with van der Waals surface area (Å²) in [7, 11) is 0. The Hall–Kier alpha value is -2.42. The maximum atomic E-state index is 11.7. The lowest BCUT2D eigenvalue weighted by atomic mass is 9.86. The van der Waals surface area contributed by atoms with Gasteiger partial charge in [-0.3, -0.25) is 10.1 Å². The molecule has 0 unspecified atom stereocenters. The van der Waals surface area contributed by atoms with Gasteiger partial charge in [0.25, 0.3) is 5.69 Å². The van der Waals surface area contributed by atoms with E-state index in [-0.39, 0.29) is 10.6 Å². The fourth-order valence-corrected chi connectivity index (χ4v) is 3.58. The van der Waals surface area contributed by atoms with Crippen LogP contribution in [0.15, 0.2) is 42.5 Å². The van der Waals surface area contributed by atoms with Gasteiger partial charge in [-0.2, -0.15) is 0 Å². The van der Waals surface area contributed by atoms with Gasteiger partial charge in [0.15, 0.2) is 0 Å². The molecule has 1 aliphatic rings. The number of nitro groups is 1. The second-order valence-electron chi connectivity index (χ2n) is 5.71. The highest BCUT2D eigenvalue weighted by Gasteiger charge is 2.23. The van der Waals surface area contributed by atoms with E-state index in [0.717, 1.165) is 40.8 Å². The Morgan fingerprint density at radius 1 is 0.952 bits per heavy atom. The average molecular weight is 277 g/mol. The highest BCUT2D eigenvalue weighted by molar-refractivity contribution is 6.09. The van der Waals surface area contributed by atoms with Crippen molar-refractivity contribution in [3.63, 3.8) is 0 Å². The van der Waals surface area contributed by atoms with Crippen molar-refractivity contribution < 1.29 is 4.92 Å². The van der Waals surface area contributed by atoms with Gasteiger partial charge in [-0.15, -0.1) is 0 Å². The average Bonchev–Trinajstić information content (AvgIpc) is 2.52. The topological polar surface area (TPSA) is 43.1 Å². The SMILES string of the molecule is O=[N+]([O-])c1c2ccccc2cc2ccc3c(c12)CCCC3. The highest BCUT2D eigenvalue weighted by atomic mass is 16.6. The molecule has 0 atom stereocenters. The van der Waals surface area contributed by atoms with Crippen LogP contribution in [-0.2, 0) is 12.8 Å². The fraction of sp³-hybridized carbons (Fsp3) is 0.222. The summed E-state index contributed by atoms with van der Waals surface area (Å²) in [6.45, 7) is 0. The highest BCUT2D eigenvalue weighted by Crippen LogP contribution is 2.39. The minimum Gasteiger partial charge on any atom is -0.258 e. The summed E-state index contributed by atoms with van der Waals surface area (Å²) in [5.74, 6) is 0. The lowest BCUT2D eigenvalue weighted by Gasteiger charge is -2.18. The van der Waals surface area contributed by atoms with Crippen molar-refractivity contribution in [1.82, 2.24) is 0 Å². The molecule has 0 spiro atoms. The third-order valence-electron chi connectivity index (χ3n) is 4.51. The number of hydrogen-bond acceptors (Lipinski definition) is 2. The quantitative estimate of drug-likeness (QED) is 0.365. The fourth-order valence-electron chi connectivity index (χ4n) is 3.58. The van der Waals surface area contributed by atoms with Crippen LogP contribution in [0, 0.1) is 10.1 Å². The van der Waals surface area contributed by atoms with Crippen LogP contribution in [0.2, 0.25) is 0 Å². The Labute approximate surface area is 122 Å². The van der Waals surface area contributed by atoms with Gasteiger partial charge in [0.1, 0.15) is 0 Å². The number of nitrogens with zero attached hydrogens (tertiary/aromatic N) is 1. The van der Waals surface area contributed by atoms with Crippen molar-refractivity contribution in [2.24, 2.45) is 0 Å². The summed E-state index contributed by atoms with van der Waals surface area (Å²) in [5.41, 5.74) is 2.75. The second kappa shape index (κ2) is 4.55. The predicted molar refractivity (Wildman–Crippen MR) is 84.8 cm³/mol. The molecule has 0 fully saturated rings. The van der Waals surface area contributed by atoms with Crippen LogP contribution in [0.1, 0.15) is 24.0 Å². The molecule has 1 aliphatic carbocycles. The molecular weight excluding hydrogens is 262 g/mol. The van der Waals surface area contributed by atoms with Crippen LogP contribution >= 0.6 is 0 Å². The van der Waals surface area contributed by atoms with Gasteiger partial charge in [0, 0.05) is 0 Å². The Morgan fingerprint density at radius 3 is 2.62 bits per heavy atom. The molecule has 4 rings (SSSR count). The molecule has 0 saturated heterocycles. The molecule has 0 bridgehead atoms. The van der Waals surface area contributed by atoms with Gasteiger partial charge in [0.2, 0.25) is 0 Å². The van der Waals surface area contributed by atoms with Crippen LogP contribution < -0.4 is 0 Å². The summed E-state index contributed by atoms with van der Waals surface area (Å²) in [4.78, 5) is 11.5. The van der Waals surface area contributed by atoms with Crippen molar-refractivity contribution in [3.8, 4) is 0 Å². The number of benzene rings is 3. The molecule has 0 heterocycles. The predicted octanol–water partition coefficient (Wildman–Crippen LogP) is 4.78. The molecular formula is C18H15NO2. The number of nitro benzene ring substituents is 1. The van der Waals surface area contributed by atoms with Crippen molar-refractivity contribution >= 4 is 27.2 Å². The van der Waals surface area contributed by atoms with Crippen molar-refractivity contribution in [2.75, 3.05) is 0 Å². The van der Waals surface area contributed by atoms with Crippen LogP contribution in [0.25, 0.3) is 21.5 Å². The molecule has 0 aromatic heterocycles. The zero-order chi connectivity index (χ0) is 14.4. The first-order valence-electron chi connectivity index (χ1n) is 7.36. The van der Waals surface area contributed by atoms with Gasteiger partial charge >= 0.3 is 0 Å². The number of rotatable bonds is 1. The monoisotopic (exact) mass is 277 g/mol. The first-order chi connectivity index (χ1) is 10.3. The van der Waals surface area contributed by atoms with Gasteiger partial charge < -0.3 is 0 Å². The number of non-ortho nitro benzene ring substituents is 1. The summed E-state index contributed by atoms with van der Waals surface area (Å²) < 4.78 is 0. The van der Waals surface area contributed by atoms with E-state index in [1.165, 1.54) is 17.5 Å². The molecule has 0 saturated carbocycles. The van der Waals surface area contributed by atoms with E-state index >= 15 is 0 Å². The van der Waals surface area contributed by atoms with Gasteiger partial charge in [0.05, 0.1) is 15.7 Å². The molecule has 3 aromatic carbocycles. The normalized spacial score (nSPS) is 14.3. The molecule has 3 heteroatoms. The Balaban J connectivity index is 2.23. The maximum absolute atomic E-state index is 11.7. The molecule has 0 radical (unpaired) electrons. The standard InChI is InChI=1S/C18H15NO2/c20-19(21)18-16-8-4-2-6-13(16)11-14-10-9-12-5-1-3-7-15(12)17(14)18/h2,4,6,8-11H,1,3,5,7H2. The Kier molecular flexibility index (Phi) is 2.67. The van der Waals surface area contributed by atoms with E-state index in [9.17, 15) is 10.1 Å². The minimum absolute atomic E-state index is 0.209. The lowest BCUT2D eigenvalue weighted by molar-refractivity contribution is -0.381. The molecule has 0 aliphatic heterocycles. The van der Waals surface area contributed by atoms with Gasteiger partial charge in [-0.1, -0.05) is 30.3 Å². The first kappa shape index (κ1) is 12.3. The van der Waals surface area contributed by atoms with Crippen molar-refractivity contribution in [3.05, 3.63) is 63.7 Å². The second-order valence-corrected chi connectivity index (χ2v) is 5.71. The maximum Gasteiger partial charge on any atom is 0.285 e. The number of hydrogen-bond donors (Lipinski definition) is 0. The van der Waals surface area contributed by atoms with E-state index < -0.39 is 0 Å². The zero-order valence-electron chi connectivity index (χ0n) is 11.6. The minimum atomic E-state index is -0.209. The molecule has 21 heavy (non-hydrogen) atoms. The zero-order valence-corrected chi connectivity index (χ0v) is 11.6. The smallest absolute Gasteiger partial charge is 0.258 e. The van der Waals surface area contributed by atoms with Crippen LogP contribution in [-0.4, -0.2) is 4.92 Å². The van der Waals surface area contributed by atoms with Crippen molar-refractivity contribution in [2.45, 2.75) is 25.7 Å².